The predicted molar refractivity (Wildman–Crippen MR) is 132 cm³/mol. The number of nitrogens with zero attached hydrogens (tertiary/aromatic N) is 2. The van der Waals surface area contributed by atoms with E-state index < -0.39 is 0 Å². The van der Waals surface area contributed by atoms with Gasteiger partial charge in [0, 0.05) is 37.5 Å². The Labute approximate surface area is 199 Å². The van der Waals surface area contributed by atoms with E-state index in [-0.39, 0.29) is 17.7 Å². The van der Waals surface area contributed by atoms with Gasteiger partial charge in [-0.05, 0) is 61.1 Å². The summed E-state index contributed by atoms with van der Waals surface area (Å²) < 4.78 is 0. The Kier molecular flexibility index (Phi) is 7.01. The van der Waals surface area contributed by atoms with Crippen LogP contribution in [0.25, 0.3) is 0 Å². The highest BCUT2D eigenvalue weighted by molar-refractivity contribution is 6.05. The monoisotopic (exact) mass is 456 g/mol. The molecule has 3 amide bonds. The Bertz CT molecular complexity index is 1180. The lowest BCUT2D eigenvalue weighted by Gasteiger charge is -2.32. The van der Waals surface area contributed by atoms with Gasteiger partial charge in [-0.25, -0.2) is 4.98 Å². The number of aryl methyl sites for hydroxylation is 1. The van der Waals surface area contributed by atoms with Crippen molar-refractivity contribution in [3.05, 3.63) is 89.1 Å². The third-order valence-electron chi connectivity index (χ3n) is 6.12. The fraction of sp³-hybridized carbons (Fsp3) is 0.259. The quantitative estimate of drug-likeness (QED) is 0.586. The van der Waals surface area contributed by atoms with Crippen LogP contribution in [0, 0.1) is 6.92 Å². The van der Waals surface area contributed by atoms with Crippen molar-refractivity contribution in [1.82, 2.24) is 9.88 Å². The van der Waals surface area contributed by atoms with Crippen LogP contribution in [-0.2, 0) is 4.79 Å². The van der Waals surface area contributed by atoms with E-state index in [2.05, 4.69) is 39.9 Å². The molecule has 1 aromatic heterocycles. The van der Waals surface area contributed by atoms with Gasteiger partial charge in [0.05, 0.1) is 5.56 Å². The van der Waals surface area contributed by atoms with Gasteiger partial charge in [0.15, 0.2) is 0 Å². The van der Waals surface area contributed by atoms with Crippen molar-refractivity contribution >= 4 is 29.2 Å². The van der Waals surface area contributed by atoms with Crippen LogP contribution in [0.4, 0.5) is 11.5 Å². The largest absolute Gasteiger partial charge is 0.339 e. The molecule has 7 heteroatoms. The minimum Gasteiger partial charge on any atom is -0.339 e. The van der Waals surface area contributed by atoms with Gasteiger partial charge in [-0.15, -0.1) is 0 Å². The molecule has 7 nitrogen and oxygen atoms in total. The number of piperidine rings is 1. The topological polar surface area (TPSA) is 91.4 Å². The van der Waals surface area contributed by atoms with Gasteiger partial charge in [-0.3, -0.25) is 14.4 Å². The second kappa shape index (κ2) is 10.3. The Morgan fingerprint density at radius 2 is 1.62 bits per heavy atom. The number of rotatable bonds is 5. The van der Waals surface area contributed by atoms with Crippen molar-refractivity contribution in [2.24, 2.45) is 0 Å². The minimum atomic E-state index is -0.335. The van der Waals surface area contributed by atoms with Crippen molar-refractivity contribution in [2.75, 3.05) is 23.7 Å². The highest BCUT2D eigenvalue weighted by Crippen LogP contribution is 2.29. The number of carbonyl (C=O) groups excluding carboxylic acids is 3. The summed E-state index contributed by atoms with van der Waals surface area (Å²) in [6, 6.07) is 19.0. The number of aromatic nitrogens is 1. The summed E-state index contributed by atoms with van der Waals surface area (Å²) in [4.78, 5) is 43.0. The summed E-state index contributed by atoms with van der Waals surface area (Å²) in [5.41, 5.74) is 3.68. The molecule has 174 valence electrons. The van der Waals surface area contributed by atoms with Gasteiger partial charge in [-0.2, -0.15) is 0 Å². The van der Waals surface area contributed by atoms with Gasteiger partial charge < -0.3 is 15.5 Å². The van der Waals surface area contributed by atoms with Crippen LogP contribution in [0.3, 0.4) is 0 Å². The molecule has 1 fully saturated rings. The van der Waals surface area contributed by atoms with Gasteiger partial charge in [0.2, 0.25) is 5.91 Å². The van der Waals surface area contributed by atoms with E-state index in [9.17, 15) is 14.4 Å². The highest BCUT2D eigenvalue weighted by atomic mass is 16.2. The third-order valence-corrected chi connectivity index (χ3v) is 6.12. The first-order chi connectivity index (χ1) is 16.4. The van der Waals surface area contributed by atoms with Crippen LogP contribution < -0.4 is 10.6 Å². The van der Waals surface area contributed by atoms with Crippen molar-refractivity contribution in [3.63, 3.8) is 0 Å². The van der Waals surface area contributed by atoms with Gasteiger partial charge in [-0.1, -0.05) is 36.4 Å². The second-order valence-electron chi connectivity index (χ2n) is 8.57. The summed E-state index contributed by atoms with van der Waals surface area (Å²) in [6.45, 7) is 4.69. The van der Waals surface area contributed by atoms with Gasteiger partial charge in [0.25, 0.3) is 11.8 Å². The fourth-order valence-corrected chi connectivity index (χ4v) is 4.19. The number of nitrogens with one attached hydrogen (secondary N) is 2. The van der Waals surface area contributed by atoms with E-state index in [0.717, 1.165) is 18.4 Å². The van der Waals surface area contributed by atoms with E-state index in [0.29, 0.717) is 41.6 Å². The molecule has 0 bridgehead atoms. The van der Waals surface area contributed by atoms with Crippen molar-refractivity contribution in [2.45, 2.75) is 32.6 Å². The number of amides is 3. The molecule has 1 aliphatic heterocycles. The van der Waals surface area contributed by atoms with Crippen molar-refractivity contribution in [1.29, 1.82) is 0 Å². The average molecular weight is 457 g/mol. The maximum atomic E-state index is 13.2. The minimum absolute atomic E-state index is 0.0247. The number of hydrogen-bond acceptors (Lipinski definition) is 4. The van der Waals surface area contributed by atoms with Gasteiger partial charge in [0.1, 0.15) is 5.82 Å². The number of likely N-dealkylation sites (tertiary alicyclic amines) is 1. The van der Waals surface area contributed by atoms with E-state index in [4.69, 9.17) is 0 Å². The maximum Gasteiger partial charge on any atom is 0.257 e. The Morgan fingerprint density at radius 3 is 2.26 bits per heavy atom. The zero-order valence-corrected chi connectivity index (χ0v) is 19.4. The standard InChI is InChI=1S/C27H28N4O3/c1-18-8-9-22(27(34)31-14-12-21(13-15-31)20-6-4-3-5-7-20)16-24(18)30-26(33)23-10-11-25(28-17-23)29-19(2)32/h3-11,16-17,21H,12-15H2,1-2H3,(H,30,33)(H,28,29,32). The van der Waals surface area contributed by atoms with Crippen LogP contribution in [0.2, 0.25) is 0 Å². The number of carbonyl (C=O) groups is 3. The Morgan fingerprint density at radius 1 is 0.912 bits per heavy atom. The molecular formula is C27H28N4O3. The fourth-order valence-electron chi connectivity index (χ4n) is 4.19. The van der Waals surface area contributed by atoms with E-state index in [1.807, 2.05) is 24.0 Å². The van der Waals surface area contributed by atoms with Crippen LogP contribution in [0.15, 0.2) is 66.9 Å². The summed E-state index contributed by atoms with van der Waals surface area (Å²) in [6.07, 6.45) is 3.28. The number of pyridine rings is 1. The zero-order valence-electron chi connectivity index (χ0n) is 19.4. The van der Waals surface area contributed by atoms with Crippen LogP contribution >= 0.6 is 0 Å². The molecule has 1 saturated heterocycles. The molecule has 2 heterocycles. The smallest absolute Gasteiger partial charge is 0.257 e. The normalized spacial score (nSPS) is 13.9. The number of hydrogen-bond donors (Lipinski definition) is 2. The first-order valence-electron chi connectivity index (χ1n) is 11.4. The van der Waals surface area contributed by atoms with Crippen molar-refractivity contribution in [3.8, 4) is 0 Å². The Hall–Kier alpha value is -4.00. The molecule has 34 heavy (non-hydrogen) atoms. The average Bonchev–Trinajstić information content (AvgIpc) is 2.85. The molecule has 4 rings (SSSR count). The van der Waals surface area contributed by atoms with Crippen molar-refractivity contribution < 1.29 is 14.4 Å². The molecule has 0 atom stereocenters. The summed E-state index contributed by atoms with van der Waals surface area (Å²) >= 11 is 0. The zero-order chi connectivity index (χ0) is 24.1. The SMILES string of the molecule is CC(=O)Nc1ccc(C(=O)Nc2cc(C(=O)N3CCC(c4ccccc4)CC3)ccc2C)cn1. The summed E-state index contributed by atoms with van der Waals surface area (Å²) in [7, 11) is 0. The van der Waals surface area contributed by atoms with E-state index in [1.165, 1.54) is 18.7 Å². The molecule has 0 saturated carbocycles. The highest BCUT2D eigenvalue weighted by Gasteiger charge is 2.25. The molecule has 1 aliphatic rings. The first kappa shape index (κ1) is 23.2. The van der Waals surface area contributed by atoms with E-state index >= 15 is 0 Å². The lowest BCUT2D eigenvalue weighted by molar-refractivity contribution is -0.114. The number of anilines is 2. The molecule has 0 unspecified atom stereocenters. The van der Waals surface area contributed by atoms with Crippen LogP contribution in [0.1, 0.15) is 57.5 Å². The number of benzene rings is 2. The molecule has 0 radical (unpaired) electrons. The first-order valence-corrected chi connectivity index (χ1v) is 11.4. The summed E-state index contributed by atoms with van der Waals surface area (Å²) in [5, 5.41) is 5.45. The molecule has 2 aromatic carbocycles. The lowest BCUT2D eigenvalue weighted by atomic mass is 9.89. The molecule has 3 aromatic rings. The lowest BCUT2D eigenvalue weighted by Crippen LogP contribution is -2.38. The molecule has 0 aliphatic carbocycles. The van der Waals surface area contributed by atoms with E-state index in [1.54, 1.807) is 24.3 Å². The van der Waals surface area contributed by atoms with Crippen LogP contribution in [-0.4, -0.2) is 40.7 Å². The summed E-state index contributed by atoms with van der Waals surface area (Å²) in [5.74, 6) is 0.264. The third kappa shape index (κ3) is 5.49. The second-order valence-corrected chi connectivity index (χ2v) is 8.57. The predicted octanol–water partition coefficient (Wildman–Crippen LogP) is 4.62. The molecular weight excluding hydrogens is 428 g/mol. The van der Waals surface area contributed by atoms with Crippen LogP contribution in [0.5, 0.6) is 0 Å². The Balaban J connectivity index is 1.41. The molecule has 0 spiro atoms. The molecule has 2 N–H and O–H groups in total. The van der Waals surface area contributed by atoms with Gasteiger partial charge >= 0.3 is 0 Å². The maximum absolute atomic E-state index is 13.2.